The fourth-order valence-electron chi connectivity index (χ4n) is 2.55. The number of thioether (sulfide) groups is 1. The van der Waals surface area contributed by atoms with Crippen LogP contribution >= 0.6 is 11.8 Å². The summed E-state index contributed by atoms with van der Waals surface area (Å²) >= 11 is 1.25. The zero-order valence-corrected chi connectivity index (χ0v) is 17.9. The maximum atomic E-state index is 12.4. The average Bonchev–Trinajstić information content (AvgIpc) is 2.68. The SMILES string of the molecule is Cc1cccc(NC(=O)COC(=O)c2ccccc2SCC(=O)NC(C)C)c1C. The highest BCUT2D eigenvalue weighted by Gasteiger charge is 2.16. The van der Waals surface area contributed by atoms with Gasteiger partial charge in [-0.3, -0.25) is 9.59 Å². The van der Waals surface area contributed by atoms with Crippen molar-refractivity contribution in [1.29, 1.82) is 0 Å². The summed E-state index contributed by atoms with van der Waals surface area (Å²) in [6.07, 6.45) is 0. The van der Waals surface area contributed by atoms with Crippen molar-refractivity contribution in [2.45, 2.75) is 38.6 Å². The molecule has 0 atom stereocenters. The standard InChI is InChI=1S/C22H26N2O4S/c1-14(2)23-21(26)13-29-19-11-6-5-9-17(19)22(27)28-12-20(25)24-18-10-7-8-15(3)16(18)4/h5-11,14H,12-13H2,1-4H3,(H,23,26)(H,24,25). The van der Waals surface area contributed by atoms with Crippen LogP contribution in [0, 0.1) is 13.8 Å². The third-order valence-electron chi connectivity index (χ3n) is 4.13. The van der Waals surface area contributed by atoms with Gasteiger partial charge < -0.3 is 15.4 Å². The minimum atomic E-state index is -0.603. The van der Waals surface area contributed by atoms with E-state index in [1.54, 1.807) is 30.3 Å². The number of anilines is 1. The van der Waals surface area contributed by atoms with Gasteiger partial charge in [0.1, 0.15) is 0 Å². The third-order valence-corrected chi connectivity index (χ3v) is 5.20. The van der Waals surface area contributed by atoms with Crippen molar-refractivity contribution in [2.24, 2.45) is 0 Å². The van der Waals surface area contributed by atoms with Gasteiger partial charge in [0, 0.05) is 16.6 Å². The number of benzene rings is 2. The number of ether oxygens (including phenoxy) is 1. The molecule has 0 fully saturated rings. The summed E-state index contributed by atoms with van der Waals surface area (Å²) in [7, 11) is 0. The second-order valence-corrected chi connectivity index (χ2v) is 7.90. The second-order valence-electron chi connectivity index (χ2n) is 6.88. The van der Waals surface area contributed by atoms with Crippen molar-refractivity contribution in [3.05, 3.63) is 59.2 Å². The van der Waals surface area contributed by atoms with Crippen molar-refractivity contribution in [1.82, 2.24) is 5.32 Å². The lowest BCUT2D eigenvalue weighted by molar-refractivity contribution is -0.119. The molecule has 2 amide bonds. The van der Waals surface area contributed by atoms with Gasteiger partial charge in [-0.25, -0.2) is 4.79 Å². The van der Waals surface area contributed by atoms with Crippen LogP contribution in [0.5, 0.6) is 0 Å². The number of esters is 1. The maximum Gasteiger partial charge on any atom is 0.339 e. The molecular weight excluding hydrogens is 388 g/mol. The highest BCUT2D eigenvalue weighted by molar-refractivity contribution is 8.00. The lowest BCUT2D eigenvalue weighted by atomic mass is 10.1. The van der Waals surface area contributed by atoms with E-state index in [9.17, 15) is 14.4 Å². The minimum Gasteiger partial charge on any atom is -0.452 e. The van der Waals surface area contributed by atoms with Gasteiger partial charge in [-0.05, 0) is 57.0 Å². The van der Waals surface area contributed by atoms with E-state index >= 15 is 0 Å². The molecule has 0 unspecified atom stereocenters. The van der Waals surface area contributed by atoms with E-state index in [4.69, 9.17) is 4.74 Å². The Hall–Kier alpha value is -2.80. The van der Waals surface area contributed by atoms with Gasteiger partial charge in [0.15, 0.2) is 6.61 Å². The summed E-state index contributed by atoms with van der Waals surface area (Å²) in [5.74, 6) is -0.932. The monoisotopic (exact) mass is 414 g/mol. The van der Waals surface area contributed by atoms with Crippen molar-refractivity contribution in [2.75, 3.05) is 17.7 Å². The summed E-state index contributed by atoms with van der Waals surface area (Å²) in [5.41, 5.74) is 3.05. The van der Waals surface area contributed by atoms with Crippen LogP contribution in [0.4, 0.5) is 5.69 Å². The van der Waals surface area contributed by atoms with Crippen molar-refractivity contribution >= 4 is 35.2 Å². The van der Waals surface area contributed by atoms with Crippen LogP contribution in [0.15, 0.2) is 47.4 Å². The van der Waals surface area contributed by atoms with E-state index in [1.165, 1.54) is 11.8 Å². The molecule has 2 rings (SSSR count). The van der Waals surface area contributed by atoms with E-state index in [1.807, 2.05) is 39.8 Å². The first-order valence-corrected chi connectivity index (χ1v) is 10.3. The van der Waals surface area contributed by atoms with Crippen LogP contribution < -0.4 is 10.6 Å². The third kappa shape index (κ3) is 6.94. The quantitative estimate of drug-likeness (QED) is 0.508. The number of nitrogens with one attached hydrogen (secondary N) is 2. The molecule has 0 radical (unpaired) electrons. The summed E-state index contributed by atoms with van der Waals surface area (Å²) in [6, 6.07) is 12.5. The van der Waals surface area contributed by atoms with Gasteiger partial charge in [0.05, 0.1) is 11.3 Å². The van der Waals surface area contributed by atoms with Crippen LogP contribution in [-0.2, 0) is 14.3 Å². The van der Waals surface area contributed by atoms with Crippen molar-refractivity contribution in [3.8, 4) is 0 Å². The zero-order chi connectivity index (χ0) is 21.4. The van der Waals surface area contributed by atoms with Crippen LogP contribution in [-0.4, -0.2) is 36.2 Å². The number of amides is 2. The van der Waals surface area contributed by atoms with Crippen molar-refractivity contribution < 1.29 is 19.1 Å². The maximum absolute atomic E-state index is 12.4. The molecule has 0 heterocycles. The topological polar surface area (TPSA) is 84.5 Å². The molecule has 0 spiro atoms. The first-order chi connectivity index (χ1) is 13.8. The number of carbonyl (C=O) groups excluding carboxylic acids is 3. The zero-order valence-electron chi connectivity index (χ0n) is 17.1. The Bertz CT molecular complexity index is 896. The molecular formula is C22H26N2O4S. The van der Waals surface area contributed by atoms with Gasteiger partial charge in [0.25, 0.3) is 5.91 Å². The summed E-state index contributed by atoms with van der Waals surface area (Å²) in [5, 5.41) is 5.56. The largest absolute Gasteiger partial charge is 0.452 e. The van der Waals surface area contributed by atoms with Crippen LogP contribution in [0.1, 0.15) is 35.3 Å². The Morgan fingerprint density at radius 2 is 1.72 bits per heavy atom. The van der Waals surface area contributed by atoms with Gasteiger partial charge in [0.2, 0.25) is 5.91 Å². The van der Waals surface area contributed by atoms with E-state index in [-0.39, 0.29) is 24.3 Å². The van der Waals surface area contributed by atoms with Crippen LogP contribution in [0.2, 0.25) is 0 Å². The molecule has 0 saturated carbocycles. The predicted molar refractivity (Wildman–Crippen MR) is 115 cm³/mol. The lowest BCUT2D eigenvalue weighted by Gasteiger charge is -2.12. The number of hydrogen-bond donors (Lipinski definition) is 2. The van der Waals surface area contributed by atoms with Gasteiger partial charge in [-0.2, -0.15) is 0 Å². The van der Waals surface area contributed by atoms with E-state index < -0.39 is 11.9 Å². The molecule has 6 nitrogen and oxygen atoms in total. The number of aryl methyl sites for hydroxylation is 1. The Morgan fingerprint density at radius 3 is 2.45 bits per heavy atom. The normalized spacial score (nSPS) is 10.5. The minimum absolute atomic E-state index is 0.0545. The summed E-state index contributed by atoms with van der Waals surface area (Å²) in [4.78, 5) is 37.1. The molecule has 2 aromatic carbocycles. The number of hydrogen-bond acceptors (Lipinski definition) is 5. The highest BCUT2D eigenvalue weighted by Crippen LogP contribution is 2.23. The highest BCUT2D eigenvalue weighted by atomic mass is 32.2. The first kappa shape index (κ1) is 22.5. The Morgan fingerprint density at radius 1 is 1.00 bits per heavy atom. The molecule has 29 heavy (non-hydrogen) atoms. The second kappa shape index (κ2) is 10.7. The molecule has 7 heteroatoms. The molecule has 0 aliphatic carbocycles. The van der Waals surface area contributed by atoms with Crippen molar-refractivity contribution in [3.63, 3.8) is 0 Å². The summed E-state index contributed by atoms with van der Waals surface area (Å²) < 4.78 is 5.18. The van der Waals surface area contributed by atoms with Crippen LogP contribution in [0.3, 0.4) is 0 Å². The Kier molecular flexibility index (Phi) is 8.27. The predicted octanol–water partition coefficient (Wildman–Crippen LogP) is 3.72. The number of rotatable bonds is 8. The first-order valence-electron chi connectivity index (χ1n) is 9.32. The molecule has 2 N–H and O–H groups in total. The summed E-state index contributed by atoms with van der Waals surface area (Å²) in [6.45, 7) is 7.26. The fourth-order valence-corrected chi connectivity index (χ4v) is 3.40. The van der Waals surface area contributed by atoms with Gasteiger partial charge >= 0.3 is 5.97 Å². The fraction of sp³-hybridized carbons (Fsp3) is 0.318. The smallest absolute Gasteiger partial charge is 0.339 e. The average molecular weight is 415 g/mol. The molecule has 0 aliphatic rings. The molecule has 0 saturated heterocycles. The van der Waals surface area contributed by atoms with E-state index in [0.29, 0.717) is 16.1 Å². The van der Waals surface area contributed by atoms with Gasteiger partial charge in [-0.15, -0.1) is 11.8 Å². The van der Waals surface area contributed by atoms with E-state index in [0.717, 1.165) is 11.1 Å². The lowest BCUT2D eigenvalue weighted by Crippen LogP contribution is -2.31. The molecule has 0 aliphatic heterocycles. The van der Waals surface area contributed by atoms with E-state index in [2.05, 4.69) is 10.6 Å². The molecule has 154 valence electrons. The van der Waals surface area contributed by atoms with Gasteiger partial charge in [-0.1, -0.05) is 24.3 Å². The molecule has 0 aromatic heterocycles. The number of carbonyl (C=O) groups is 3. The molecule has 0 bridgehead atoms. The Labute approximate surface area is 175 Å². The molecule has 2 aromatic rings. The Balaban J connectivity index is 1.94. The van der Waals surface area contributed by atoms with Crippen LogP contribution in [0.25, 0.3) is 0 Å².